The second-order valence-electron chi connectivity index (χ2n) is 6.56. The second-order valence-corrected chi connectivity index (χ2v) is 6.56. The highest BCUT2D eigenvalue weighted by Gasteiger charge is 2.37. The van der Waals surface area contributed by atoms with E-state index in [-0.39, 0.29) is 18.2 Å². The Morgan fingerprint density at radius 3 is 2.41 bits per heavy atom. The van der Waals surface area contributed by atoms with Crippen LogP contribution in [-0.4, -0.2) is 18.7 Å². The minimum absolute atomic E-state index is 0.203. The van der Waals surface area contributed by atoms with Crippen molar-refractivity contribution in [3.05, 3.63) is 102 Å². The Hall–Kier alpha value is -3.86. The standard InChI is InChI=1S/C24H19NO4/c1-2-17-13-14-20(23(26)29-19-11-7-4-8-12-19)21(15-17)25-22(16-28-24(25)27)18-9-5-3-6-10-18/h2-15,22H,1,16H2/t22-/m1/s1. The number of nitrogens with zero attached hydrogens (tertiary/aromatic N) is 1. The maximum Gasteiger partial charge on any atom is 0.415 e. The minimum atomic E-state index is -0.548. The smallest absolute Gasteiger partial charge is 0.415 e. The fourth-order valence-corrected chi connectivity index (χ4v) is 3.31. The highest BCUT2D eigenvalue weighted by molar-refractivity contribution is 6.03. The van der Waals surface area contributed by atoms with E-state index in [1.165, 1.54) is 4.90 Å². The van der Waals surface area contributed by atoms with Crippen LogP contribution >= 0.6 is 0 Å². The summed E-state index contributed by atoms with van der Waals surface area (Å²) in [4.78, 5) is 27.0. The Morgan fingerprint density at radius 1 is 1.03 bits per heavy atom. The van der Waals surface area contributed by atoms with Crippen molar-refractivity contribution in [2.45, 2.75) is 6.04 Å². The predicted octanol–water partition coefficient (Wildman–Crippen LogP) is 5.25. The molecular formula is C24H19NO4. The number of rotatable bonds is 5. The van der Waals surface area contributed by atoms with E-state index < -0.39 is 12.1 Å². The fourth-order valence-electron chi connectivity index (χ4n) is 3.31. The van der Waals surface area contributed by atoms with Crippen LogP contribution in [0.2, 0.25) is 0 Å². The van der Waals surface area contributed by atoms with E-state index in [1.807, 2.05) is 36.4 Å². The average molecular weight is 385 g/mol. The Labute approximate surface area is 168 Å². The largest absolute Gasteiger partial charge is 0.447 e. The van der Waals surface area contributed by atoms with Gasteiger partial charge in [-0.25, -0.2) is 9.59 Å². The zero-order valence-electron chi connectivity index (χ0n) is 15.7. The Morgan fingerprint density at radius 2 is 1.72 bits per heavy atom. The first-order chi connectivity index (χ1) is 14.2. The lowest BCUT2D eigenvalue weighted by Gasteiger charge is -2.24. The molecule has 144 valence electrons. The van der Waals surface area contributed by atoms with Crippen LogP contribution in [0.1, 0.15) is 27.5 Å². The molecule has 4 rings (SSSR count). The van der Waals surface area contributed by atoms with E-state index in [1.54, 1.807) is 48.5 Å². The van der Waals surface area contributed by atoms with Gasteiger partial charge in [0.1, 0.15) is 12.4 Å². The molecule has 3 aromatic rings. The van der Waals surface area contributed by atoms with Crippen LogP contribution in [0.3, 0.4) is 0 Å². The lowest BCUT2D eigenvalue weighted by Crippen LogP contribution is -2.29. The molecule has 3 aromatic carbocycles. The molecule has 0 radical (unpaired) electrons. The van der Waals surface area contributed by atoms with Crippen LogP contribution in [0.5, 0.6) is 5.75 Å². The van der Waals surface area contributed by atoms with Crippen molar-refractivity contribution in [3.8, 4) is 5.75 Å². The number of hydrogen-bond donors (Lipinski definition) is 0. The van der Waals surface area contributed by atoms with Gasteiger partial charge >= 0.3 is 12.1 Å². The molecule has 1 saturated heterocycles. The molecule has 0 aromatic heterocycles. The molecule has 5 heteroatoms. The molecular weight excluding hydrogens is 366 g/mol. The predicted molar refractivity (Wildman–Crippen MR) is 111 cm³/mol. The lowest BCUT2D eigenvalue weighted by atomic mass is 10.0. The van der Waals surface area contributed by atoms with Crippen molar-refractivity contribution in [1.82, 2.24) is 0 Å². The monoisotopic (exact) mass is 385 g/mol. The quantitative estimate of drug-likeness (QED) is 0.445. The Balaban J connectivity index is 1.76. The van der Waals surface area contributed by atoms with E-state index in [9.17, 15) is 9.59 Å². The Kier molecular flexibility index (Phi) is 5.12. The topological polar surface area (TPSA) is 55.8 Å². The third-order valence-electron chi connectivity index (χ3n) is 4.75. The fraction of sp³-hybridized carbons (Fsp3) is 0.0833. The van der Waals surface area contributed by atoms with Crippen LogP contribution in [0, 0.1) is 0 Å². The number of carbonyl (C=O) groups excluding carboxylic acids is 2. The molecule has 0 unspecified atom stereocenters. The molecule has 0 spiro atoms. The van der Waals surface area contributed by atoms with E-state index in [0.29, 0.717) is 11.4 Å². The van der Waals surface area contributed by atoms with Gasteiger partial charge in [0.05, 0.1) is 17.3 Å². The zero-order chi connectivity index (χ0) is 20.2. The van der Waals surface area contributed by atoms with Gasteiger partial charge in [0.25, 0.3) is 0 Å². The van der Waals surface area contributed by atoms with Crippen molar-refractivity contribution in [1.29, 1.82) is 0 Å². The molecule has 1 amide bonds. The molecule has 0 bridgehead atoms. The van der Waals surface area contributed by atoms with Gasteiger partial charge < -0.3 is 9.47 Å². The van der Waals surface area contributed by atoms with Crippen molar-refractivity contribution in [2.24, 2.45) is 0 Å². The summed E-state index contributed by atoms with van der Waals surface area (Å²) in [7, 11) is 0. The van der Waals surface area contributed by atoms with Crippen LogP contribution in [0.25, 0.3) is 6.08 Å². The zero-order valence-corrected chi connectivity index (χ0v) is 15.7. The van der Waals surface area contributed by atoms with Crippen molar-refractivity contribution < 1.29 is 19.1 Å². The molecule has 5 nitrogen and oxygen atoms in total. The summed E-state index contributed by atoms with van der Waals surface area (Å²) >= 11 is 0. The van der Waals surface area contributed by atoms with Gasteiger partial charge in [-0.1, -0.05) is 67.3 Å². The maximum absolute atomic E-state index is 12.9. The normalized spacial score (nSPS) is 15.7. The Bertz CT molecular complexity index is 1050. The number of amides is 1. The van der Waals surface area contributed by atoms with Crippen LogP contribution in [0.4, 0.5) is 10.5 Å². The van der Waals surface area contributed by atoms with Crippen LogP contribution in [-0.2, 0) is 4.74 Å². The van der Waals surface area contributed by atoms with Gasteiger partial charge in [0.15, 0.2) is 0 Å². The van der Waals surface area contributed by atoms with E-state index in [4.69, 9.17) is 9.47 Å². The molecule has 0 N–H and O–H groups in total. The van der Waals surface area contributed by atoms with Gasteiger partial charge in [-0.3, -0.25) is 4.90 Å². The number of benzene rings is 3. The van der Waals surface area contributed by atoms with Gasteiger partial charge in [0.2, 0.25) is 0 Å². The molecule has 1 heterocycles. The third-order valence-corrected chi connectivity index (χ3v) is 4.75. The average Bonchev–Trinajstić information content (AvgIpc) is 3.15. The number of cyclic esters (lactones) is 1. The number of carbonyl (C=O) groups is 2. The number of anilines is 1. The van der Waals surface area contributed by atoms with E-state index >= 15 is 0 Å². The number of hydrogen-bond acceptors (Lipinski definition) is 4. The third kappa shape index (κ3) is 3.75. The molecule has 29 heavy (non-hydrogen) atoms. The summed E-state index contributed by atoms with van der Waals surface area (Å²) in [5, 5.41) is 0. The second kappa shape index (κ2) is 8.02. The lowest BCUT2D eigenvalue weighted by molar-refractivity contribution is 0.0735. The van der Waals surface area contributed by atoms with Gasteiger partial charge in [-0.05, 0) is 35.4 Å². The first-order valence-corrected chi connectivity index (χ1v) is 9.22. The summed E-state index contributed by atoms with van der Waals surface area (Å²) in [6.45, 7) is 3.99. The number of esters is 1. The van der Waals surface area contributed by atoms with Crippen molar-refractivity contribution in [3.63, 3.8) is 0 Å². The maximum atomic E-state index is 12.9. The minimum Gasteiger partial charge on any atom is -0.447 e. The summed E-state index contributed by atoms with van der Waals surface area (Å²) in [5.41, 5.74) is 2.41. The number of ether oxygens (including phenoxy) is 2. The van der Waals surface area contributed by atoms with Crippen molar-refractivity contribution in [2.75, 3.05) is 11.5 Å². The highest BCUT2D eigenvalue weighted by Crippen LogP contribution is 2.36. The summed E-state index contributed by atoms with van der Waals surface area (Å²) < 4.78 is 10.8. The SMILES string of the molecule is C=Cc1ccc(C(=O)Oc2ccccc2)c(N2C(=O)OC[C@@H]2c2ccccc2)c1. The van der Waals surface area contributed by atoms with Gasteiger partial charge in [-0.15, -0.1) is 0 Å². The molecule has 1 fully saturated rings. The summed E-state index contributed by atoms with van der Waals surface area (Å²) in [5.74, 6) is -0.117. The van der Waals surface area contributed by atoms with Crippen LogP contribution in [0.15, 0.2) is 85.4 Å². The first kappa shape index (κ1) is 18.5. The first-order valence-electron chi connectivity index (χ1n) is 9.22. The van der Waals surface area contributed by atoms with E-state index in [0.717, 1.165) is 11.1 Å². The summed E-state index contributed by atoms with van der Waals surface area (Å²) in [6.07, 6.45) is 1.16. The van der Waals surface area contributed by atoms with E-state index in [2.05, 4.69) is 6.58 Å². The van der Waals surface area contributed by atoms with Crippen LogP contribution < -0.4 is 9.64 Å². The van der Waals surface area contributed by atoms with Crippen molar-refractivity contribution >= 4 is 23.8 Å². The molecule has 1 aliphatic heterocycles. The summed E-state index contributed by atoms with van der Waals surface area (Å²) in [6, 6.07) is 23.2. The van der Waals surface area contributed by atoms with Gasteiger partial charge in [-0.2, -0.15) is 0 Å². The molecule has 0 saturated carbocycles. The molecule has 1 atom stereocenters. The molecule has 0 aliphatic carbocycles. The molecule has 1 aliphatic rings. The van der Waals surface area contributed by atoms with Gasteiger partial charge in [0, 0.05) is 0 Å². The number of para-hydroxylation sites is 1. The highest BCUT2D eigenvalue weighted by atomic mass is 16.6.